The first-order valence-electron chi connectivity index (χ1n) is 11.4. The first-order valence-corrected chi connectivity index (χ1v) is 11.7. The van der Waals surface area contributed by atoms with Crippen LogP contribution in [0.5, 0.6) is 0 Å². The summed E-state index contributed by atoms with van der Waals surface area (Å²) in [5.41, 5.74) is 2.76. The van der Waals surface area contributed by atoms with Gasteiger partial charge in [-0.25, -0.2) is 9.78 Å². The maximum atomic E-state index is 12.4. The van der Waals surface area contributed by atoms with E-state index in [2.05, 4.69) is 20.4 Å². The Labute approximate surface area is 186 Å². The molecule has 1 aromatic heterocycles. The number of nitrogens with one attached hydrogen (secondary N) is 2. The molecule has 4 aliphatic rings. The maximum absolute atomic E-state index is 12.4. The van der Waals surface area contributed by atoms with Crippen molar-refractivity contribution >= 4 is 34.4 Å². The molecular formula is C22H28ClN5O3. The summed E-state index contributed by atoms with van der Waals surface area (Å²) in [6.07, 6.45) is 5.12. The summed E-state index contributed by atoms with van der Waals surface area (Å²) in [6.45, 7) is 6.50. The molecule has 9 heteroatoms. The number of carbonyl (C=O) groups excluding carboxylic acids is 1. The SMILES string of the molecule is O=C1Nc2c(Cl)cc3nc(CN4CCN(C5COC5)CC4)oc3c2C2(CCCCC2)N1. The second-order valence-electron chi connectivity index (χ2n) is 9.29. The molecule has 3 fully saturated rings. The van der Waals surface area contributed by atoms with Crippen molar-refractivity contribution in [3.63, 3.8) is 0 Å². The highest BCUT2D eigenvalue weighted by Gasteiger charge is 2.44. The monoisotopic (exact) mass is 445 g/mol. The number of piperazine rings is 1. The van der Waals surface area contributed by atoms with Crippen molar-refractivity contribution in [1.82, 2.24) is 20.1 Å². The molecule has 2 saturated heterocycles. The van der Waals surface area contributed by atoms with Crippen LogP contribution < -0.4 is 10.6 Å². The van der Waals surface area contributed by atoms with Crippen LogP contribution in [0.15, 0.2) is 10.5 Å². The van der Waals surface area contributed by atoms with Crippen molar-refractivity contribution in [2.45, 2.75) is 50.2 Å². The van der Waals surface area contributed by atoms with Gasteiger partial charge in [0.2, 0.25) is 5.89 Å². The highest BCUT2D eigenvalue weighted by molar-refractivity contribution is 6.35. The molecule has 0 bridgehead atoms. The summed E-state index contributed by atoms with van der Waals surface area (Å²) in [5.74, 6) is 0.711. The van der Waals surface area contributed by atoms with Gasteiger partial charge in [-0.1, -0.05) is 30.9 Å². The zero-order valence-corrected chi connectivity index (χ0v) is 18.3. The van der Waals surface area contributed by atoms with Crippen molar-refractivity contribution in [2.75, 3.05) is 44.7 Å². The van der Waals surface area contributed by atoms with Crippen molar-refractivity contribution in [3.8, 4) is 0 Å². The van der Waals surface area contributed by atoms with E-state index < -0.39 is 5.54 Å². The second-order valence-corrected chi connectivity index (χ2v) is 9.70. The van der Waals surface area contributed by atoms with Gasteiger partial charge in [-0.3, -0.25) is 9.80 Å². The third kappa shape index (κ3) is 3.40. The number of aromatic nitrogens is 1. The average molecular weight is 446 g/mol. The first-order chi connectivity index (χ1) is 15.1. The van der Waals surface area contributed by atoms with Gasteiger partial charge in [0.05, 0.1) is 42.0 Å². The van der Waals surface area contributed by atoms with Gasteiger partial charge in [-0.05, 0) is 18.9 Å². The lowest BCUT2D eigenvalue weighted by molar-refractivity contribution is -0.0777. The first kappa shape index (κ1) is 19.8. The Morgan fingerprint density at radius 1 is 1.16 bits per heavy atom. The average Bonchev–Trinajstić information content (AvgIpc) is 3.10. The highest BCUT2D eigenvalue weighted by Crippen LogP contribution is 2.48. The van der Waals surface area contributed by atoms with Crippen LogP contribution in [0, 0.1) is 0 Å². The van der Waals surface area contributed by atoms with E-state index in [1.54, 1.807) is 0 Å². The van der Waals surface area contributed by atoms with Gasteiger partial charge in [0.25, 0.3) is 0 Å². The molecule has 1 spiro atoms. The molecule has 1 saturated carbocycles. The number of urea groups is 1. The summed E-state index contributed by atoms with van der Waals surface area (Å²) in [7, 11) is 0. The van der Waals surface area contributed by atoms with Gasteiger partial charge in [-0.15, -0.1) is 0 Å². The summed E-state index contributed by atoms with van der Waals surface area (Å²) in [6, 6.07) is 2.22. The van der Waals surface area contributed by atoms with Gasteiger partial charge < -0.3 is 19.8 Å². The van der Waals surface area contributed by atoms with Gasteiger partial charge in [0.15, 0.2) is 5.58 Å². The van der Waals surface area contributed by atoms with Gasteiger partial charge >= 0.3 is 6.03 Å². The number of benzene rings is 1. The van der Waals surface area contributed by atoms with E-state index in [1.165, 1.54) is 6.42 Å². The molecule has 6 rings (SSSR count). The predicted molar refractivity (Wildman–Crippen MR) is 117 cm³/mol. The Balaban J connectivity index is 1.30. The van der Waals surface area contributed by atoms with Gasteiger partial charge in [-0.2, -0.15) is 0 Å². The fraction of sp³-hybridized carbons (Fsp3) is 0.636. The van der Waals surface area contributed by atoms with Crippen LogP contribution in [-0.2, 0) is 16.8 Å². The van der Waals surface area contributed by atoms with Crippen molar-refractivity contribution in [3.05, 3.63) is 22.5 Å². The van der Waals surface area contributed by atoms with Crippen LogP contribution in [0.2, 0.25) is 5.02 Å². The van der Waals surface area contributed by atoms with Crippen molar-refractivity contribution < 1.29 is 13.9 Å². The lowest BCUT2D eigenvalue weighted by Gasteiger charge is -2.42. The van der Waals surface area contributed by atoms with Crippen molar-refractivity contribution in [1.29, 1.82) is 0 Å². The fourth-order valence-electron chi connectivity index (χ4n) is 5.59. The van der Waals surface area contributed by atoms with Gasteiger partial charge in [0, 0.05) is 31.7 Å². The lowest BCUT2D eigenvalue weighted by atomic mass is 9.74. The molecule has 3 aliphatic heterocycles. The lowest BCUT2D eigenvalue weighted by Crippen LogP contribution is -2.56. The van der Waals surface area contributed by atoms with E-state index in [-0.39, 0.29) is 6.03 Å². The Morgan fingerprint density at radius 3 is 2.65 bits per heavy atom. The van der Waals surface area contributed by atoms with Crippen LogP contribution >= 0.6 is 11.6 Å². The molecule has 8 nitrogen and oxygen atoms in total. The highest BCUT2D eigenvalue weighted by atomic mass is 35.5. The Hall–Kier alpha value is -1.87. The molecule has 2 N–H and O–H groups in total. The Kier molecular flexibility index (Phi) is 4.86. The van der Waals surface area contributed by atoms with Crippen LogP contribution in [0.4, 0.5) is 10.5 Å². The topological polar surface area (TPSA) is 82.9 Å². The van der Waals surface area contributed by atoms with Crippen LogP contribution in [0.1, 0.15) is 43.6 Å². The number of carbonyl (C=O) groups is 1. The summed E-state index contributed by atoms with van der Waals surface area (Å²) in [5, 5.41) is 6.64. The molecule has 166 valence electrons. The van der Waals surface area contributed by atoms with E-state index in [4.69, 9.17) is 25.7 Å². The van der Waals surface area contributed by atoms with E-state index in [0.717, 1.165) is 81.7 Å². The molecule has 4 heterocycles. The summed E-state index contributed by atoms with van der Waals surface area (Å²) < 4.78 is 11.7. The standard InChI is InChI=1S/C22H28ClN5O3/c23-15-10-16-20(18-19(15)25-21(29)26-22(18)4-2-1-3-5-22)31-17(24-16)11-27-6-8-28(9-7-27)14-12-30-13-14/h10,14H,1-9,11-13H2,(H2,25,26,29). The molecule has 2 aromatic rings. The van der Waals surface area contributed by atoms with Crippen LogP contribution in [0.25, 0.3) is 11.1 Å². The molecule has 31 heavy (non-hydrogen) atoms. The second kappa shape index (κ2) is 7.62. The number of rotatable bonds is 3. The zero-order chi connectivity index (χ0) is 21.0. The van der Waals surface area contributed by atoms with E-state index in [0.29, 0.717) is 29.2 Å². The molecule has 0 radical (unpaired) electrons. The minimum Gasteiger partial charge on any atom is -0.439 e. The number of oxazole rings is 1. The number of hydrogen-bond donors (Lipinski definition) is 2. The number of ether oxygens (including phenoxy) is 1. The number of nitrogens with zero attached hydrogens (tertiary/aromatic N) is 3. The third-order valence-corrected chi connectivity index (χ3v) is 7.65. The van der Waals surface area contributed by atoms with E-state index in [1.807, 2.05) is 6.07 Å². The van der Waals surface area contributed by atoms with E-state index in [9.17, 15) is 4.79 Å². The number of amides is 2. The normalized spacial score (nSPS) is 24.6. The smallest absolute Gasteiger partial charge is 0.319 e. The number of hydrogen-bond acceptors (Lipinski definition) is 6. The minimum absolute atomic E-state index is 0.190. The van der Waals surface area contributed by atoms with Crippen LogP contribution in [-0.4, -0.2) is 66.2 Å². The fourth-order valence-corrected chi connectivity index (χ4v) is 5.84. The molecular weight excluding hydrogens is 418 g/mol. The molecule has 1 aromatic carbocycles. The molecule has 0 unspecified atom stereocenters. The molecule has 1 aliphatic carbocycles. The largest absolute Gasteiger partial charge is 0.439 e. The number of halogens is 1. The van der Waals surface area contributed by atoms with Crippen molar-refractivity contribution in [2.24, 2.45) is 0 Å². The molecule has 2 amide bonds. The Bertz CT molecular complexity index is 1010. The van der Waals surface area contributed by atoms with Gasteiger partial charge in [0.1, 0.15) is 5.52 Å². The maximum Gasteiger partial charge on any atom is 0.319 e. The Morgan fingerprint density at radius 2 is 1.94 bits per heavy atom. The number of fused-ring (bicyclic) bond motifs is 4. The minimum atomic E-state index is -0.424. The predicted octanol–water partition coefficient (Wildman–Crippen LogP) is 3.29. The number of anilines is 1. The van der Waals surface area contributed by atoms with Crippen LogP contribution in [0.3, 0.4) is 0 Å². The zero-order valence-electron chi connectivity index (χ0n) is 17.6. The summed E-state index contributed by atoms with van der Waals surface area (Å²) >= 11 is 6.60. The molecule has 0 atom stereocenters. The van der Waals surface area contributed by atoms with E-state index >= 15 is 0 Å². The third-order valence-electron chi connectivity index (χ3n) is 7.36. The quantitative estimate of drug-likeness (QED) is 0.754. The summed E-state index contributed by atoms with van der Waals surface area (Å²) in [4.78, 5) is 22.1.